The Bertz CT molecular complexity index is 505. The van der Waals surface area contributed by atoms with Crippen molar-refractivity contribution < 1.29 is 14.3 Å². The van der Waals surface area contributed by atoms with Crippen LogP contribution in [0.1, 0.15) is 10.4 Å². The second kappa shape index (κ2) is 4.26. The number of nitrogen functional groups attached to an aromatic ring is 1. The second-order valence-electron chi connectivity index (χ2n) is 3.66. The van der Waals surface area contributed by atoms with Gasteiger partial charge in [0, 0.05) is 18.8 Å². The normalized spacial score (nSPS) is 12.0. The van der Waals surface area contributed by atoms with Crippen molar-refractivity contribution in [3.63, 3.8) is 0 Å². The maximum absolute atomic E-state index is 12.0. The topological polar surface area (TPSA) is 64.8 Å². The van der Waals surface area contributed by atoms with E-state index in [1.807, 2.05) is 0 Å². The molecule has 0 radical (unpaired) electrons. The van der Waals surface area contributed by atoms with Crippen LogP contribution in [0.25, 0.3) is 0 Å². The fourth-order valence-corrected chi connectivity index (χ4v) is 1.56. The average molecular weight is 232 g/mol. The molecule has 1 amide bonds. The molecule has 0 spiro atoms. The molecule has 0 saturated carbocycles. The molecule has 17 heavy (non-hydrogen) atoms. The first kappa shape index (κ1) is 11.1. The Balaban J connectivity index is 2.33. The van der Waals surface area contributed by atoms with Gasteiger partial charge < -0.3 is 20.1 Å². The first-order chi connectivity index (χ1) is 8.13. The lowest BCUT2D eigenvalue weighted by Gasteiger charge is -2.15. The van der Waals surface area contributed by atoms with Gasteiger partial charge in [-0.3, -0.25) is 4.79 Å². The first-order valence-electron chi connectivity index (χ1n) is 5.01. The van der Waals surface area contributed by atoms with Crippen LogP contribution in [0.5, 0.6) is 11.5 Å². The van der Waals surface area contributed by atoms with Gasteiger partial charge in [0.1, 0.15) is 0 Å². The lowest BCUT2D eigenvalue weighted by molar-refractivity contribution is 0.0813. The lowest BCUT2D eigenvalue weighted by atomic mass is 10.1. The number of fused-ring (bicyclic) bond motifs is 1. The molecule has 0 bridgehead atoms. The SMILES string of the molecule is C#CCN(C)C(=O)c1cc2c(cc1N)OCO2. The van der Waals surface area contributed by atoms with Crippen molar-refractivity contribution in [1.82, 2.24) is 4.90 Å². The highest BCUT2D eigenvalue weighted by Gasteiger charge is 2.21. The third-order valence-electron chi connectivity index (χ3n) is 2.45. The van der Waals surface area contributed by atoms with E-state index in [1.54, 1.807) is 19.2 Å². The number of rotatable bonds is 2. The van der Waals surface area contributed by atoms with Crippen LogP contribution in [0.3, 0.4) is 0 Å². The van der Waals surface area contributed by atoms with Crippen molar-refractivity contribution in [2.45, 2.75) is 0 Å². The van der Waals surface area contributed by atoms with E-state index in [1.165, 1.54) is 4.90 Å². The fourth-order valence-electron chi connectivity index (χ4n) is 1.56. The predicted octanol–water partition coefficient (Wildman–Crippen LogP) is 0.703. The number of nitrogens with two attached hydrogens (primary N) is 1. The van der Waals surface area contributed by atoms with E-state index in [2.05, 4.69) is 5.92 Å². The molecule has 0 fully saturated rings. The standard InChI is InChI=1S/C12H12N2O3/c1-3-4-14(2)12(15)8-5-10-11(6-9(8)13)17-7-16-10/h1,5-6H,4,7,13H2,2H3. The van der Waals surface area contributed by atoms with Crippen molar-refractivity contribution in [3.8, 4) is 23.8 Å². The molecule has 1 heterocycles. The van der Waals surface area contributed by atoms with Crippen LogP contribution in [0.4, 0.5) is 5.69 Å². The number of hydrogen-bond donors (Lipinski definition) is 1. The Morgan fingerprint density at radius 1 is 1.53 bits per heavy atom. The number of anilines is 1. The van der Waals surface area contributed by atoms with Crippen molar-refractivity contribution in [3.05, 3.63) is 17.7 Å². The number of nitrogens with zero attached hydrogens (tertiary/aromatic N) is 1. The van der Waals surface area contributed by atoms with Gasteiger partial charge in [0.05, 0.1) is 12.1 Å². The first-order valence-corrected chi connectivity index (χ1v) is 5.01. The summed E-state index contributed by atoms with van der Waals surface area (Å²) in [5.74, 6) is 3.24. The van der Waals surface area contributed by atoms with E-state index in [0.29, 0.717) is 22.7 Å². The van der Waals surface area contributed by atoms with E-state index >= 15 is 0 Å². The van der Waals surface area contributed by atoms with Crippen LogP contribution in [0.2, 0.25) is 0 Å². The number of amides is 1. The van der Waals surface area contributed by atoms with E-state index in [4.69, 9.17) is 21.6 Å². The molecule has 0 aliphatic carbocycles. The van der Waals surface area contributed by atoms with Crippen molar-refractivity contribution >= 4 is 11.6 Å². The lowest BCUT2D eigenvalue weighted by Crippen LogP contribution is -2.27. The highest BCUT2D eigenvalue weighted by atomic mass is 16.7. The van der Waals surface area contributed by atoms with Gasteiger partial charge in [-0.05, 0) is 6.07 Å². The Labute approximate surface area is 99.1 Å². The van der Waals surface area contributed by atoms with Crippen LogP contribution in [-0.2, 0) is 0 Å². The molecule has 2 N–H and O–H groups in total. The maximum Gasteiger partial charge on any atom is 0.256 e. The molecule has 0 atom stereocenters. The molecule has 0 unspecified atom stereocenters. The Hall–Kier alpha value is -2.35. The minimum Gasteiger partial charge on any atom is -0.454 e. The molecule has 2 rings (SSSR count). The zero-order valence-electron chi connectivity index (χ0n) is 9.40. The number of carbonyl (C=O) groups is 1. The predicted molar refractivity (Wildman–Crippen MR) is 62.8 cm³/mol. The van der Waals surface area contributed by atoms with E-state index in [0.717, 1.165) is 0 Å². The highest BCUT2D eigenvalue weighted by molar-refractivity contribution is 6.00. The van der Waals surface area contributed by atoms with Crippen molar-refractivity contribution in [2.24, 2.45) is 0 Å². The molecular weight excluding hydrogens is 220 g/mol. The summed E-state index contributed by atoms with van der Waals surface area (Å²) in [4.78, 5) is 13.4. The van der Waals surface area contributed by atoms with Crippen LogP contribution >= 0.6 is 0 Å². The molecule has 0 aromatic heterocycles. The number of terminal acetylenes is 1. The quantitative estimate of drug-likeness (QED) is 0.602. The van der Waals surface area contributed by atoms with Gasteiger partial charge >= 0.3 is 0 Å². The van der Waals surface area contributed by atoms with Gasteiger partial charge in [-0.2, -0.15) is 0 Å². The second-order valence-corrected chi connectivity index (χ2v) is 3.66. The number of benzene rings is 1. The minimum atomic E-state index is -0.237. The summed E-state index contributed by atoms with van der Waals surface area (Å²) >= 11 is 0. The largest absolute Gasteiger partial charge is 0.454 e. The van der Waals surface area contributed by atoms with Crippen molar-refractivity contribution in [2.75, 3.05) is 26.1 Å². The highest BCUT2D eigenvalue weighted by Crippen LogP contribution is 2.36. The third-order valence-corrected chi connectivity index (χ3v) is 2.45. The average Bonchev–Trinajstić information content (AvgIpc) is 2.74. The number of ether oxygens (including phenoxy) is 2. The van der Waals surface area contributed by atoms with Crippen LogP contribution < -0.4 is 15.2 Å². The molecule has 5 nitrogen and oxygen atoms in total. The summed E-state index contributed by atoms with van der Waals surface area (Å²) in [6, 6.07) is 3.16. The third kappa shape index (κ3) is 1.97. The summed E-state index contributed by atoms with van der Waals surface area (Å²) in [6.07, 6.45) is 5.15. The Morgan fingerprint density at radius 3 is 2.82 bits per heavy atom. The van der Waals surface area contributed by atoms with E-state index in [9.17, 15) is 4.79 Å². The molecule has 88 valence electrons. The van der Waals surface area contributed by atoms with Crippen LogP contribution in [0, 0.1) is 12.3 Å². The smallest absolute Gasteiger partial charge is 0.256 e. The molecule has 1 aliphatic heterocycles. The zero-order valence-corrected chi connectivity index (χ0v) is 9.40. The van der Waals surface area contributed by atoms with Gasteiger partial charge in [-0.25, -0.2) is 0 Å². The van der Waals surface area contributed by atoms with E-state index in [-0.39, 0.29) is 19.2 Å². The number of hydrogen-bond acceptors (Lipinski definition) is 4. The van der Waals surface area contributed by atoms with Gasteiger partial charge in [0.15, 0.2) is 11.5 Å². The van der Waals surface area contributed by atoms with Gasteiger partial charge in [-0.1, -0.05) is 5.92 Å². The van der Waals surface area contributed by atoms with Gasteiger partial charge in [0.25, 0.3) is 5.91 Å². The molecular formula is C12H12N2O3. The molecule has 5 heteroatoms. The summed E-state index contributed by atoms with van der Waals surface area (Å²) in [5.41, 5.74) is 6.51. The summed E-state index contributed by atoms with van der Waals surface area (Å²) in [7, 11) is 1.62. The molecule has 1 aromatic rings. The Kier molecular flexibility index (Phi) is 2.79. The summed E-state index contributed by atoms with van der Waals surface area (Å²) in [5, 5.41) is 0. The van der Waals surface area contributed by atoms with Gasteiger partial charge in [-0.15, -0.1) is 6.42 Å². The van der Waals surface area contributed by atoms with Crippen molar-refractivity contribution in [1.29, 1.82) is 0 Å². The molecule has 1 aromatic carbocycles. The monoisotopic (exact) mass is 232 g/mol. The summed E-state index contributed by atoms with van der Waals surface area (Å²) < 4.78 is 10.4. The van der Waals surface area contributed by atoms with Crippen LogP contribution in [0.15, 0.2) is 12.1 Å². The Morgan fingerprint density at radius 2 is 2.18 bits per heavy atom. The summed E-state index contributed by atoms with van der Waals surface area (Å²) in [6.45, 7) is 0.374. The zero-order chi connectivity index (χ0) is 12.4. The fraction of sp³-hybridized carbons (Fsp3) is 0.250. The molecule has 1 aliphatic rings. The van der Waals surface area contributed by atoms with Gasteiger partial charge in [0.2, 0.25) is 6.79 Å². The van der Waals surface area contributed by atoms with Crippen LogP contribution in [-0.4, -0.2) is 31.2 Å². The molecule has 0 saturated heterocycles. The maximum atomic E-state index is 12.0. The van der Waals surface area contributed by atoms with E-state index < -0.39 is 0 Å². The number of carbonyl (C=O) groups excluding carboxylic acids is 1. The minimum absolute atomic E-state index is 0.145.